The van der Waals surface area contributed by atoms with Crippen LogP contribution in [0.15, 0.2) is 21.3 Å². The first kappa shape index (κ1) is 11.1. The number of hydrogen-bond acceptors (Lipinski definition) is 4. The third-order valence-electron chi connectivity index (χ3n) is 3.53. The summed E-state index contributed by atoms with van der Waals surface area (Å²) < 4.78 is 10.4. The molecule has 0 spiro atoms. The fourth-order valence-electron chi connectivity index (χ4n) is 2.67. The summed E-state index contributed by atoms with van der Waals surface area (Å²) >= 11 is 0. The van der Waals surface area contributed by atoms with Gasteiger partial charge in [0, 0.05) is 10.9 Å². The standard InChI is InChI=1S/C14H14O4/c1-17-13-11(15)7-6-9-8-4-2-3-5-10(8)14(16)18-12(9)13/h6-7,15H,2-5H2,1H3. The molecular weight excluding hydrogens is 232 g/mol. The molecule has 1 aliphatic carbocycles. The van der Waals surface area contributed by atoms with Gasteiger partial charge < -0.3 is 14.3 Å². The molecule has 0 amide bonds. The topological polar surface area (TPSA) is 59.7 Å². The summed E-state index contributed by atoms with van der Waals surface area (Å²) in [6.07, 6.45) is 3.76. The Morgan fingerprint density at radius 2 is 1.94 bits per heavy atom. The Morgan fingerprint density at radius 1 is 1.22 bits per heavy atom. The lowest BCUT2D eigenvalue weighted by Crippen LogP contribution is -2.15. The summed E-state index contributed by atoms with van der Waals surface area (Å²) in [5.74, 6) is 0.224. The van der Waals surface area contributed by atoms with Crippen LogP contribution < -0.4 is 10.4 Å². The van der Waals surface area contributed by atoms with Gasteiger partial charge in [0.15, 0.2) is 11.3 Å². The number of hydrogen-bond donors (Lipinski definition) is 1. The third kappa shape index (κ3) is 1.49. The Bertz CT molecular complexity index is 670. The van der Waals surface area contributed by atoms with E-state index in [1.807, 2.05) is 0 Å². The van der Waals surface area contributed by atoms with Crippen molar-refractivity contribution in [2.75, 3.05) is 7.11 Å². The highest BCUT2D eigenvalue weighted by atomic mass is 16.5. The highest BCUT2D eigenvalue weighted by Gasteiger charge is 2.21. The summed E-state index contributed by atoms with van der Waals surface area (Å²) in [4.78, 5) is 12.0. The molecule has 1 N–H and O–H groups in total. The number of aryl methyl sites for hydroxylation is 1. The number of phenolic OH excluding ortho intramolecular Hbond substituents is 1. The van der Waals surface area contributed by atoms with Gasteiger partial charge in [-0.1, -0.05) is 0 Å². The molecule has 1 aromatic carbocycles. The summed E-state index contributed by atoms with van der Waals surface area (Å²) in [7, 11) is 1.45. The van der Waals surface area contributed by atoms with E-state index >= 15 is 0 Å². The molecule has 0 aliphatic heterocycles. The van der Waals surface area contributed by atoms with Gasteiger partial charge in [0.05, 0.1) is 7.11 Å². The quantitative estimate of drug-likeness (QED) is 0.785. The molecule has 2 aromatic rings. The van der Waals surface area contributed by atoms with Crippen molar-refractivity contribution in [2.45, 2.75) is 25.7 Å². The van der Waals surface area contributed by atoms with Crippen LogP contribution in [0, 0.1) is 0 Å². The van der Waals surface area contributed by atoms with Crippen LogP contribution in [0.3, 0.4) is 0 Å². The van der Waals surface area contributed by atoms with Crippen molar-refractivity contribution in [2.24, 2.45) is 0 Å². The maximum atomic E-state index is 12.0. The Hall–Kier alpha value is -1.97. The van der Waals surface area contributed by atoms with Crippen LogP contribution in [0.1, 0.15) is 24.0 Å². The number of benzene rings is 1. The number of methoxy groups -OCH3 is 1. The smallest absolute Gasteiger partial charge is 0.339 e. The molecule has 0 unspecified atom stereocenters. The van der Waals surface area contributed by atoms with Crippen molar-refractivity contribution >= 4 is 11.0 Å². The second-order valence-electron chi connectivity index (χ2n) is 4.55. The summed E-state index contributed by atoms with van der Waals surface area (Å²) in [6.45, 7) is 0. The third-order valence-corrected chi connectivity index (χ3v) is 3.53. The van der Waals surface area contributed by atoms with Gasteiger partial charge in [0.2, 0.25) is 5.75 Å². The lowest BCUT2D eigenvalue weighted by atomic mass is 9.90. The van der Waals surface area contributed by atoms with Crippen LogP contribution in [0.5, 0.6) is 11.5 Å². The number of phenols is 1. The van der Waals surface area contributed by atoms with Gasteiger partial charge in [0.1, 0.15) is 0 Å². The van der Waals surface area contributed by atoms with Crippen molar-refractivity contribution in [1.29, 1.82) is 0 Å². The van der Waals surface area contributed by atoms with E-state index in [2.05, 4.69) is 0 Å². The normalized spacial score (nSPS) is 14.5. The molecule has 94 valence electrons. The van der Waals surface area contributed by atoms with Gasteiger partial charge in [-0.2, -0.15) is 0 Å². The molecule has 1 aromatic heterocycles. The first-order valence-electron chi connectivity index (χ1n) is 6.07. The Balaban J connectivity index is 2.44. The lowest BCUT2D eigenvalue weighted by molar-refractivity contribution is 0.368. The van der Waals surface area contributed by atoms with Gasteiger partial charge in [-0.25, -0.2) is 4.79 Å². The van der Waals surface area contributed by atoms with Crippen LogP contribution in [0.2, 0.25) is 0 Å². The monoisotopic (exact) mass is 246 g/mol. The summed E-state index contributed by atoms with van der Waals surface area (Å²) in [5, 5.41) is 10.6. The minimum Gasteiger partial charge on any atom is -0.504 e. The van der Waals surface area contributed by atoms with Crippen LogP contribution in [-0.2, 0) is 12.8 Å². The predicted octanol–water partition coefficient (Wildman–Crippen LogP) is 2.39. The molecule has 3 rings (SSSR count). The van der Waals surface area contributed by atoms with E-state index in [0.29, 0.717) is 5.58 Å². The maximum absolute atomic E-state index is 12.0. The molecule has 0 radical (unpaired) electrons. The van der Waals surface area contributed by atoms with Crippen molar-refractivity contribution in [3.63, 3.8) is 0 Å². The molecule has 0 saturated carbocycles. The number of fused-ring (bicyclic) bond motifs is 3. The highest BCUT2D eigenvalue weighted by Crippen LogP contribution is 2.37. The zero-order chi connectivity index (χ0) is 12.7. The van der Waals surface area contributed by atoms with Gasteiger partial charge >= 0.3 is 5.63 Å². The molecule has 4 nitrogen and oxygen atoms in total. The summed E-state index contributed by atoms with van der Waals surface area (Å²) in [6, 6.07) is 3.37. The molecular formula is C14H14O4. The molecule has 0 fully saturated rings. The van der Waals surface area contributed by atoms with E-state index in [9.17, 15) is 9.90 Å². The van der Waals surface area contributed by atoms with Crippen molar-refractivity contribution < 1.29 is 14.3 Å². The van der Waals surface area contributed by atoms with E-state index in [1.54, 1.807) is 12.1 Å². The van der Waals surface area contributed by atoms with E-state index in [1.165, 1.54) is 7.11 Å². The predicted molar refractivity (Wildman–Crippen MR) is 67.3 cm³/mol. The van der Waals surface area contributed by atoms with E-state index in [4.69, 9.17) is 9.15 Å². The molecule has 1 aliphatic rings. The molecule has 0 saturated heterocycles. The van der Waals surface area contributed by atoms with E-state index < -0.39 is 0 Å². The minimum absolute atomic E-state index is 0.0103. The van der Waals surface area contributed by atoms with Gasteiger partial charge in [-0.15, -0.1) is 0 Å². The first-order valence-corrected chi connectivity index (χ1v) is 6.07. The molecule has 0 bridgehead atoms. The second-order valence-corrected chi connectivity index (χ2v) is 4.55. The largest absolute Gasteiger partial charge is 0.504 e. The Labute approximate surface area is 104 Å². The first-order chi connectivity index (χ1) is 8.72. The van der Waals surface area contributed by atoms with Crippen LogP contribution >= 0.6 is 0 Å². The van der Waals surface area contributed by atoms with Crippen molar-refractivity contribution in [3.8, 4) is 11.5 Å². The molecule has 0 atom stereocenters. The number of rotatable bonds is 1. The van der Waals surface area contributed by atoms with E-state index in [0.717, 1.165) is 42.2 Å². The number of aromatic hydroxyl groups is 1. The fraction of sp³-hybridized carbons (Fsp3) is 0.357. The lowest BCUT2D eigenvalue weighted by Gasteiger charge is -2.17. The van der Waals surface area contributed by atoms with Crippen molar-refractivity contribution in [3.05, 3.63) is 33.7 Å². The SMILES string of the molecule is COc1c(O)ccc2c3c(c(=O)oc12)CCCC3. The second kappa shape index (κ2) is 4.05. The molecule has 4 heteroatoms. The zero-order valence-corrected chi connectivity index (χ0v) is 10.2. The maximum Gasteiger partial charge on any atom is 0.339 e. The van der Waals surface area contributed by atoms with Crippen LogP contribution in [-0.4, -0.2) is 12.2 Å². The fourth-order valence-corrected chi connectivity index (χ4v) is 2.67. The van der Waals surface area contributed by atoms with Crippen LogP contribution in [0.25, 0.3) is 11.0 Å². The molecule has 1 heterocycles. The average Bonchev–Trinajstić information content (AvgIpc) is 2.39. The van der Waals surface area contributed by atoms with Gasteiger partial charge in [-0.3, -0.25) is 0 Å². The number of ether oxygens (including phenoxy) is 1. The Kier molecular flexibility index (Phi) is 2.51. The van der Waals surface area contributed by atoms with Crippen molar-refractivity contribution in [1.82, 2.24) is 0 Å². The zero-order valence-electron chi connectivity index (χ0n) is 10.2. The highest BCUT2D eigenvalue weighted by molar-refractivity contribution is 5.88. The summed E-state index contributed by atoms with van der Waals surface area (Å²) in [5.41, 5.74) is 1.87. The van der Waals surface area contributed by atoms with Crippen LogP contribution in [0.4, 0.5) is 0 Å². The molecule has 18 heavy (non-hydrogen) atoms. The average molecular weight is 246 g/mol. The minimum atomic E-state index is -0.305. The van der Waals surface area contributed by atoms with Gasteiger partial charge in [0.25, 0.3) is 0 Å². The van der Waals surface area contributed by atoms with Gasteiger partial charge in [-0.05, 0) is 43.4 Å². The Morgan fingerprint density at radius 3 is 2.67 bits per heavy atom. The van der Waals surface area contributed by atoms with E-state index in [-0.39, 0.29) is 17.1 Å².